The summed E-state index contributed by atoms with van der Waals surface area (Å²) >= 11 is 0. The summed E-state index contributed by atoms with van der Waals surface area (Å²) in [5.74, 6) is -0.283. The van der Waals surface area contributed by atoms with Gasteiger partial charge in [-0.3, -0.25) is 0 Å². The maximum Gasteiger partial charge on any atom is 0.330 e. The van der Waals surface area contributed by atoms with Gasteiger partial charge in [0.15, 0.2) is 0 Å². The molecular weight excluding hydrogens is 252 g/mol. The number of fused-ring (bicyclic) bond motifs is 1. The molecule has 0 aromatic carbocycles. The van der Waals surface area contributed by atoms with Gasteiger partial charge < -0.3 is 9.47 Å². The van der Waals surface area contributed by atoms with Crippen LogP contribution in [0.15, 0.2) is 23.8 Å². The summed E-state index contributed by atoms with van der Waals surface area (Å²) in [7, 11) is 0. The average molecular weight is 278 g/mol. The number of carbonyl (C=O) groups excluding carboxylic acids is 1. The summed E-state index contributed by atoms with van der Waals surface area (Å²) in [5.41, 5.74) is 0.829. The predicted molar refractivity (Wildman–Crippen MR) is 79.4 cm³/mol. The molecule has 2 aliphatic rings. The fraction of sp³-hybridized carbons (Fsp3) is 0.706. The van der Waals surface area contributed by atoms with Crippen molar-refractivity contribution in [1.29, 1.82) is 0 Å². The molecule has 112 valence electrons. The molecule has 1 aliphatic heterocycles. The summed E-state index contributed by atoms with van der Waals surface area (Å²) in [6, 6.07) is 0. The van der Waals surface area contributed by atoms with Crippen LogP contribution in [-0.2, 0) is 14.3 Å². The Morgan fingerprint density at radius 3 is 2.60 bits per heavy atom. The minimum Gasteiger partial charge on any atom is -0.463 e. The zero-order valence-corrected chi connectivity index (χ0v) is 13.3. The van der Waals surface area contributed by atoms with Gasteiger partial charge in [-0.15, -0.1) is 0 Å². The monoisotopic (exact) mass is 278 g/mol. The largest absolute Gasteiger partial charge is 0.463 e. The Hall–Kier alpha value is -1.09. The Morgan fingerprint density at radius 1 is 1.30 bits per heavy atom. The topological polar surface area (TPSA) is 38.8 Å². The number of rotatable bonds is 4. The Labute approximate surface area is 122 Å². The smallest absolute Gasteiger partial charge is 0.330 e. The molecule has 1 aliphatic carbocycles. The van der Waals surface area contributed by atoms with E-state index < -0.39 is 0 Å². The zero-order valence-electron chi connectivity index (χ0n) is 13.3. The Morgan fingerprint density at radius 2 is 2.00 bits per heavy atom. The summed E-state index contributed by atoms with van der Waals surface area (Å²) in [4.78, 5) is 11.4. The molecule has 2 fully saturated rings. The van der Waals surface area contributed by atoms with Gasteiger partial charge in [0.25, 0.3) is 0 Å². The zero-order chi connectivity index (χ0) is 15.0. The van der Waals surface area contributed by atoms with Crippen molar-refractivity contribution in [1.82, 2.24) is 0 Å². The standard InChI is InChI=1S/C17H26O3/c1-6-19-14(18)12-13(2)8-11-17-15(3,4)9-7-10-16(17,5)20-17/h8,11-12H,6-7,9-10H2,1-5H3/b11-8+,13-12+. The van der Waals surface area contributed by atoms with Crippen LogP contribution < -0.4 is 0 Å². The highest BCUT2D eigenvalue weighted by Gasteiger charge is 2.73. The second-order valence-corrected chi connectivity index (χ2v) is 6.78. The number of hydrogen-bond donors (Lipinski definition) is 0. The number of esters is 1. The summed E-state index contributed by atoms with van der Waals surface area (Å²) in [5, 5.41) is 0. The van der Waals surface area contributed by atoms with E-state index in [9.17, 15) is 4.79 Å². The van der Waals surface area contributed by atoms with E-state index >= 15 is 0 Å². The first-order valence-electron chi connectivity index (χ1n) is 7.51. The fourth-order valence-corrected chi connectivity index (χ4v) is 3.58. The quantitative estimate of drug-likeness (QED) is 0.340. The van der Waals surface area contributed by atoms with Gasteiger partial charge in [-0.05, 0) is 51.7 Å². The van der Waals surface area contributed by atoms with E-state index in [1.165, 1.54) is 18.9 Å². The molecule has 0 spiro atoms. The average Bonchev–Trinajstić information content (AvgIpc) is 2.95. The second kappa shape index (κ2) is 5.03. The minimum absolute atomic E-state index is 0.0323. The first-order valence-corrected chi connectivity index (χ1v) is 7.51. The van der Waals surface area contributed by atoms with E-state index in [-0.39, 0.29) is 22.6 Å². The summed E-state index contributed by atoms with van der Waals surface area (Å²) in [6.07, 6.45) is 9.18. The van der Waals surface area contributed by atoms with Crippen molar-refractivity contribution in [3.8, 4) is 0 Å². The van der Waals surface area contributed by atoms with Crippen LogP contribution in [0.3, 0.4) is 0 Å². The van der Waals surface area contributed by atoms with Gasteiger partial charge in [0.2, 0.25) is 0 Å². The minimum atomic E-state index is -0.283. The van der Waals surface area contributed by atoms with Crippen LogP contribution in [0.1, 0.15) is 53.9 Å². The lowest BCUT2D eigenvalue weighted by atomic mass is 9.64. The molecule has 0 bridgehead atoms. The van der Waals surface area contributed by atoms with Crippen LogP contribution in [0.4, 0.5) is 0 Å². The van der Waals surface area contributed by atoms with E-state index in [2.05, 4.69) is 26.8 Å². The fourth-order valence-electron chi connectivity index (χ4n) is 3.58. The van der Waals surface area contributed by atoms with Gasteiger partial charge in [-0.25, -0.2) is 4.79 Å². The van der Waals surface area contributed by atoms with Crippen molar-refractivity contribution >= 4 is 5.97 Å². The van der Waals surface area contributed by atoms with Gasteiger partial charge in [-0.1, -0.05) is 19.9 Å². The first kappa shape index (κ1) is 15.3. The molecule has 0 N–H and O–H groups in total. The van der Waals surface area contributed by atoms with Crippen LogP contribution in [0.25, 0.3) is 0 Å². The molecule has 3 nitrogen and oxygen atoms in total. The van der Waals surface area contributed by atoms with Crippen molar-refractivity contribution in [3.05, 3.63) is 23.8 Å². The van der Waals surface area contributed by atoms with Crippen molar-refractivity contribution in [2.75, 3.05) is 6.61 Å². The number of carbonyl (C=O) groups is 1. The molecular formula is C17H26O3. The highest BCUT2D eigenvalue weighted by Crippen LogP contribution is 2.66. The Kier molecular flexibility index (Phi) is 3.85. The maximum absolute atomic E-state index is 11.4. The molecule has 3 heteroatoms. The van der Waals surface area contributed by atoms with Gasteiger partial charge in [0.05, 0.1) is 12.2 Å². The third kappa shape index (κ3) is 2.44. The lowest BCUT2D eigenvalue weighted by Crippen LogP contribution is -2.41. The highest BCUT2D eigenvalue weighted by molar-refractivity contribution is 5.83. The van der Waals surface area contributed by atoms with Crippen molar-refractivity contribution in [2.24, 2.45) is 5.41 Å². The maximum atomic E-state index is 11.4. The molecule has 2 rings (SSSR count). The van der Waals surface area contributed by atoms with E-state index in [1.54, 1.807) is 0 Å². The van der Waals surface area contributed by atoms with E-state index in [0.29, 0.717) is 6.61 Å². The van der Waals surface area contributed by atoms with E-state index in [4.69, 9.17) is 9.47 Å². The number of hydrogen-bond acceptors (Lipinski definition) is 3. The Balaban J connectivity index is 2.13. The highest BCUT2D eigenvalue weighted by atomic mass is 16.6. The molecule has 20 heavy (non-hydrogen) atoms. The van der Waals surface area contributed by atoms with Gasteiger partial charge in [0.1, 0.15) is 5.60 Å². The van der Waals surface area contributed by atoms with Crippen LogP contribution in [-0.4, -0.2) is 23.8 Å². The first-order chi connectivity index (χ1) is 9.26. The van der Waals surface area contributed by atoms with E-state index in [0.717, 1.165) is 12.0 Å². The van der Waals surface area contributed by atoms with Gasteiger partial charge in [0, 0.05) is 11.5 Å². The Bertz CT molecular complexity index is 461. The molecule has 1 heterocycles. The number of epoxide rings is 1. The van der Waals surface area contributed by atoms with Crippen LogP contribution >= 0.6 is 0 Å². The van der Waals surface area contributed by atoms with Crippen molar-refractivity contribution in [2.45, 2.75) is 65.1 Å². The molecule has 1 saturated heterocycles. The molecule has 2 unspecified atom stereocenters. The summed E-state index contributed by atoms with van der Waals surface area (Å²) < 4.78 is 11.1. The summed E-state index contributed by atoms with van der Waals surface area (Å²) in [6.45, 7) is 10.9. The lowest BCUT2D eigenvalue weighted by Gasteiger charge is -2.36. The third-order valence-electron chi connectivity index (χ3n) is 4.80. The predicted octanol–water partition coefficient (Wildman–Crippen LogP) is 3.79. The number of allylic oxidation sites excluding steroid dienone is 2. The van der Waals surface area contributed by atoms with Crippen LogP contribution in [0.5, 0.6) is 0 Å². The molecule has 0 aromatic rings. The van der Waals surface area contributed by atoms with Gasteiger partial charge >= 0.3 is 5.97 Å². The number of ether oxygens (including phenoxy) is 2. The van der Waals surface area contributed by atoms with Crippen LogP contribution in [0.2, 0.25) is 0 Å². The van der Waals surface area contributed by atoms with Crippen LogP contribution in [0, 0.1) is 5.41 Å². The lowest BCUT2D eigenvalue weighted by molar-refractivity contribution is -0.137. The molecule has 1 saturated carbocycles. The normalized spacial score (nSPS) is 35.8. The van der Waals surface area contributed by atoms with Gasteiger partial charge in [-0.2, -0.15) is 0 Å². The third-order valence-corrected chi connectivity index (χ3v) is 4.80. The molecule has 0 aromatic heterocycles. The van der Waals surface area contributed by atoms with E-state index in [1.807, 2.05) is 19.9 Å². The SMILES string of the molecule is CCOC(=O)/C=C(C)/C=C/C12OC1(C)CCCC2(C)C. The second-order valence-electron chi connectivity index (χ2n) is 6.78. The molecule has 0 radical (unpaired) electrons. The van der Waals surface area contributed by atoms with Crippen molar-refractivity contribution < 1.29 is 14.3 Å². The molecule has 0 amide bonds. The molecule has 2 atom stereocenters. The van der Waals surface area contributed by atoms with Crippen molar-refractivity contribution in [3.63, 3.8) is 0 Å².